The van der Waals surface area contributed by atoms with Gasteiger partial charge in [-0.1, -0.05) is 48.1 Å². The summed E-state index contributed by atoms with van der Waals surface area (Å²) in [6.07, 6.45) is 2.00. The highest BCUT2D eigenvalue weighted by Gasteiger charge is 2.36. The van der Waals surface area contributed by atoms with E-state index in [1.165, 1.54) is 11.8 Å². The second kappa shape index (κ2) is 6.99. The van der Waals surface area contributed by atoms with Crippen molar-refractivity contribution in [1.82, 2.24) is 0 Å². The van der Waals surface area contributed by atoms with E-state index in [4.69, 9.17) is 34.8 Å². The fourth-order valence-electron chi connectivity index (χ4n) is 0.756. The third-order valence-electron chi connectivity index (χ3n) is 1.50. The zero-order valence-corrected chi connectivity index (χ0v) is 10.8. The van der Waals surface area contributed by atoms with Crippen molar-refractivity contribution in [3.8, 4) is 0 Å². The minimum absolute atomic E-state index is 0.315. The molecule has 0 bridgehead atoms. The Kier molecular flexibility index (Phi) is 7.30. The van der Waals surface area contributed by atoms with Gasteiger partial charge in [-0.2, -0.15) is 0 Å². The van der Waals surface area contributed by atoms with Crippen LogP contribution in [0.1, 0.15) is 19.8 Å². The van der Waals surface area contributed by atoms with Crippen molar-refractivity contribution in [3.05, 3.63) is 10.1 Å². The predicted molar refractivity (Wildman–Crippen MR) is 63.3 cm³/mol. The van der Waals surface area contributed by atoms with Crippen LogP contribution >= 0.6 is 46.6 Å². The van der Waals surface area contributed by atoms with Crippen LogP contribution in [0, 0.1) is 10.1 Å². The zero-order chi connectivity index (χ0) is 11.2. The van der Waals surface area contributed by atoms with E-state index in [0.29, 0.717) is 0 Å². The van der Waals surface area contributed by atoms with Crippen molar-refractivity contribution < 1.29 is 4.92 Å². The maximum atomic E-state index is 10.3. The van der Waals surface area contributed by atoms with Crippen LogP contribution in [-0.4, -0.2) is 26.3 Å². The van der Waals surface area contributed by atoms with E-state index in [2.05, 4.69) is 0 Å². The first kappa shape index (κ1) is 14.6. The second-order valence-corrected chi connectivity index (χ2v) is 6.45. The Morgan fingerprint density at radius 2 is 2.07 bits per heavy atom. The van der Waals surface area contributed by atoms with Gasteiger partial charge >= 0.3 is 0 Å². The first-order valence-electron chi connectivity index (χ1n) is 4.18. The largest absolute Gasteiger partial charge is 0.265 e. The van der Waals surface area contributed by atoms with Gasteiger partial charge in [0.25, 0.3) is 0 Å². The molecule has 0 aromatic rings. The summed E-state index contributed by atoms with van der Waals surface area (Å²) >= 11 is 18.2. The molecule has 84 valence electrons. The van der Waals surface area contributed by atoms with Crippen LogP contribution in [0.2, 0.25) is 0 Å². The highest BCUT2D eigenvalue weighted by Crippen LogP contribution is 2.37. The molecule has 0 aliphatic rings. The van der Waals surface area contributed by atoms with E-state index >= 15 is 0 Å². The first-order chi connectivity index (χ1) is 6.38. The van der Waals surface area contributed by atoms with Crippen molar-refractivity contribution in [1.29, 1.82) is 0 Å². The molecule has 0 N–H and O–H groups in total. The summed E-state index contributed by atoms with van der Waals surface area (Å²) in [5.74, 6) is 0.781. The molecule has 0 heterocycles. The Hall–Kier alpha value is 0.620. The van der Waals surface area contributed by atoms with E-state index in [-0.39, 0.29) is 6.54 Å². The summed E-state index contributed by atoms with van der Waals surface area (Å²) in [4.78, 5) is 9.85. The molecular weight excluding hydrogens is 269 g/mol. The molecule has 7 heteroatoms. The number of rotatable bonds is 6. The molecule has 0 radical (unpaired) electrons. The van der Waals surface area contributed by atoms with Crippen molar-refractivity contribution in [3.63, 3.8) is 0 Å². The van der Waals surface area contributed by atoms with Gasteiger partial charge in [0.15, 0.2) is 0 Å². The number of halogens is 3. The minimum atomic E-state index is -1.56. The van der Waals surface area contributed by atoms with Crippen LogP contribution in [0.4, 0.5) is 0 Å². The summed E-state index contributed by atoms with van der Waals surface area (Å²) in [7, 11) is 0. The minimum Gasteiger partial charge on any atom is -0.265 e. The van der Waals surface area contributed by atoms with Gasteiger partial charge < -0.3 is 0 Å². The van der Waals surface area contributed by atoms with Gasteiger partial charge in [0, 0.05) is 4.92 Å². The predicted octanol–water partition coefficient (Wildman–Crippen LogP) is 3.54. The number of thioether (sulfide) groups is 1. The Balaban J connectivity index is 4.05. The average molecular weight is 281 g/mol. The SMILES string of the molecule is CCCCS[C@H](C[N+](=O)[O-])C(Cl)(Cl)Cl. The van der Waals surface area contributed by atoms with Gasteiger partial charge in [-0.3, -0.25) is 10.1 Å². The third kappa shape index (κ3) is 6.98. The van der Waals surface area contributed by atoms with Crippen LogP contribution in [-0.2, 0) is 0 Å². The van der Waals surface area contributed by atoms with E-state index in [1.807, 2.05) is 6.92 Å². The Bertz CT molecular complexity index is 186. The Labute approximate surface area is 103 Å². The van der Waals surface area contributed by atoms with Gasteiger partial charge in [0.05, 0.1) is 0 Å². The van der Waals surface area contributed by atoms with Crippen LogP contribution in [0.3, 0.4) is 0 Å². The molecule has 0 aliphatic carbocycles. The van der Waals surface area contributed by atoms with Crippen LogP contribution in [0.25, 0.3) is 0 Å². The fraction of sp³-hybridized carbons (Fsp3) is 1.00. The average Bonchev–Trinajstić information content (AvgIpc) is 2.00. The third-order valence-corrected chi connectivity index (χ3v) is 4.10. The molecule has 0 saturated carbocycles. The maximum Gasteiger partial charge on any atom is 0.219 e. The summed E-state index contributed by atoms with van der Waals surface area (Å²) in [5, 5.41) is 9.73. The molecule has 14 heavy (non-hydrogen) atoms. The zero-order valence-electron chi connectivity index (χ0n) is 7.71. The molecule has 0 aliphatic heterocycles. The van der Waals surface area contributed by atoms with Gasteiger partial charge in [-0.15, -0.1) is 11.8 Å². The van der Waals surface area contributed by atoms with Gasteiger partial charge in [0.1, 0.15) is 5.25 Å². The van der Waals surface area contributed by atoms with Gasteiger partial charge in [0.2, 0.25) is 10.3 Å². The Morgan fingerprint density at radius 1 is 1.50 bits per heavy atom. The van der Waals surface area contributed by atoms with Crippen molar-refractivity contribution in [2.45, 2.75) is 28.8 Å². The summed E-state index contributed by atoms with van der Waals surface area (Å²) < 4.78 is -1.56. The molecule has 0 rings (SSSR count). The molecule has 0 spiro atoms. The monoisotopic (exact) mass is 279 g/mol. The highest BCUT2D eigenvalue weighted by molar-refractivity contribution is 8.00. The lowest BCUT2D eigenvalue weighted by molar-refractivity contribution is -0.478. The van der Waals surface area contributed by atoms with Crippen LogP contribution in [0.5, 0.6) is 0 Å². The number of nitro groups is 1. The molecule has 0 aromatic carbocycles. The highest BCUT2D eigenvalue weighted by atomic mass is 35.6. The molecule has 0 aromatic heterocycles. The lowest BCUT2D eigenvalue weighted by atomic mass is 10.4. The van der Waals surface area contributed by atoms with Crippen LogP contribution in [0.15, 0.2) is 0 Å². The number of hydrogen-bond acceptors (Lipinski definition) is 3. The van der Waals surface area contributed by atoms with Crippen LogP contribution < -0.4 is 0 Å². The lowest BCUT2D eigenvalue weighted by Crippen LogP contribution is -2.30. The fourth-order valence-corrected chi connectivity index (χ4v) is 2.69. The number of unbranched alkanes of at least 4 members (excludes halogenated alkanes) is 1. The van der Waals surface area contributed by atoms with Gasteiger partial charge in [-0.25, -0.2) is 0 Å². The molecule has 3 nitrogen and oxygen atoms in total. The standard InChI is InChI=1S/C7H12Cl3NO2S/c1-2-3-4-14-6(5-11(12)13)7(8,9)10/h6H,2-5H2,1H3/t6-/m1/s1. The first-order valence-corrected chi connectivity index (χ1v) is 6.36. The number of hydrogen-bond donors (Lipinski definition) is 0. The van der Waals surface area contributed by atoms with E-state index in [1.54, 1.807) is 0 Å². The molecule has 0 saturated heterocycles. The van der Waals surface area contributed by atoms with Gasteiger partial charge in [-0.05, 0) is 12.2 Å². The van der Waals surface area contributed by atoms with Crippen molar-refractivity contribution >= 4 is 46.6 Å². The lowest BCUT2D eigenvalue weighted by Gasteiger charge is -2.19. The van der Waals surface area contributed by atoms with Crippen molar-refractivity contribution in [2.24, 2.45) is 0 Å². The summed E-state index contributed by atoms with van der Waals surface area (Å²) in [5.41, 5.74) is 0. The molecular formula is C7H12Cl3NO2S. The van der Waals surface area contributed by atoms with E-state index in [0.717, 1.165) is 18.6 Å². The number of alkyl halides is 3. The van der Waals surface area contributed by atoms with E-state index in [9.17, 15) is 10.1 Å². The Morgan fingerprint density at radius 3 is 2.43 bits per heavy atom. The van der Waals surface area contributed by atoms with E-state index < -0.39 is 14.0 Å². The summed E-state index contributed by atoms with van der Waals surface area (Å²) in [6.45, 7) is 1.73. The normalized spacial score (nSPS) is 14.0. The topological polar surface area (TPSA) is 43.1 Å². The molecule has 1 atom stereocenters. The second-order valence-electron chi connectivity index (χ2n) is 2.77. The number of nitrogens with zero attached hydrogens (tertiary/aromatic N) is 1. The smallest absolute Gasteiger partial charge is 0.219 e. The molecule has 0 fully saturated rings. The quantitative estimate of drug-likeness (QED) is 0.323. The molecule has 0 amide bonds. The van der Waals surface area contributed by atoms with Crippen molar-refractivity contribution in [2.75, 3.05) is 12.3 Å². The maximum absolute atomic E-state index is 10.3. The molecule has 0 unspecified atom stereocenters. The summed E-state index contributed by atoms with van der Waals surface area (Å²) in [6, 6.07) is 0.